The number of hydrogen-bond donors (Lipinski definition) is 3. The Bertz CT molecular complexity index is 468. The van der Waals surface area contributed by atoms with Crippen LogP contribution in [-0.4, -0.2) is 25.7 Å². The van der Waals surface area contributed by atoms with Crippen LogP contribution in [0.3, 0.4) is 0 Å². The van der Waals surface area contributed by atoms with E-state index in [0.29, 0.717) is 4.99 Å². The Kier molecular flexibility index (Phi) is 4.22. The standard InChI is InChI=1S/C9H13N3O2S2/c10-9(15)7-1-3-8(4-2-7)12-5-6-16(11,13)14/h1-4,12H,5-6H2,(H2,10,15)(H2,11,13,14). The van der Waals surface area contributed by atoms with Gasteiger partial charge in [0.2, 0.25) is 10.0 Å². The van der Waals surface area contributed by atoms with Crippen LogP contribution in [0.25, 0.3) is 0 Å². The molecule has 7 heteroatoms. The van der Waals surface area contributed by atoms with E-state index in [1.54, 1.807) is 24.3 Å². The van der Waals surface area contributed by atoms with Crippen molar-refractivity contribution < 1.29 is 8.42 Å². The minimum atomic E-state index is -3.42. The van der Waals surface area contributed by atoms with E-state index in [9.17, 15) is 8.42 Å². The van der Waals surface area contributed by atoms with E-state index < -0.39 is 10.0 Å². The highest BCUT2D eigenvalue weighted by Crippen LogP contribution is 2.08. The normalized spacial score (nSPS) is 11.1. The Morgan fingerprint density at radius 3 is 2.31 bits per heavy atom. The molecule has 0 aliphatic heterocycles. The first-order valence-electron chi connectivity index (χ1n) is 4.53. The molecule has 1 aromatic rings. The van der Waals surface area contributed by atoms with Crippen molar-refractivity contribution >= 4 is 32.9 Å². The SMILES string of the molecule is NC(=S)c1ccc(NCCS(N)(=O)=O)cc1. The molecule has 0 aliphatic rings. The Labute approximate surface area is 99.9 Å². The Morgan fingerprint density at radius 2 is 1.88 bits per heavy atom. The lowest BCUT2D eigenvalue weighted by molar-refractivity contribution is 0.598. The predicted octanol–water partition coefficient (Wildman–Crippen LogP) is 0.0212. The molecule has 0 aromatic heterocycles. The van der Waals surface area contributed by atoms with Crippen LogP contribution >= 0.6 is 12.2 Å². The maximum absolute atomic E-state index is 10.7. The van der Waals surface area contributed by atoms with Gasteiger partial charge in [0.25, 0.3) is 0 Å². The van der Waals surface area contributed by atoms with Crippen LogP contribution in [-0.2, 0) is 10.0 Å². The lowest BCUT2D eigenvalue weighted by Crippen LogP contribution is -2.22. The molecule has 0 atom stereocenters. The van der Waals surface area contributed by atoms with Crippen LogP contribution in [0.1, 0.15) is 5.56 Å². The minimum absolute atomic E-state index is 0.107. The summed E-state index contributed by atoms with van der Waals surface area (Å²) in [7, 11) is -3.42. The van der Waals surface area contributed by atoms with Gasteiger partial charge in [-0.05, 0) is 24.3 Å². The molecule has 88 valence electrons. The number of nitrogens with two attached hydrogens (primary N) is 2. The van der Waals surface area contributed by atoms with Gasteiger partial charge in [0.05, 0.1) is 5.75 Å². The maximum Gasteiger partial charge on any atom is 0.210 e. The van der Waals surface area contributed by atoms with E-state index in [1.165, 1.54) is 0 Å². The molecule has 5 N–H and O–H groups in total. The van der Waals surface area contributed by atoms with Gasteiger partial charge in [0, 0.05) is 17.8 Å². The molecular weight excluding hydrogens is 246 g/mol. The van der Waals surface area contributed by atoms with Crippen molar-refractivity contribution in [2.45, 2.75) is 0 Å². The van der Waals surface area contributed by atoms with Gasteiger partial charge in [-0.2, -0.15) is 0 Å². The molecule has 0 saturated heterocycles. The first-order valence-corrected chi connectivity index (χ1v) is 6.65. The van der Waals surface area contributed by atoms with Crippen LogP contribution in [0.4, 0.5) is 5.69 Å². The summed E-state index contributed by atoms with van der Waals surface area (Å²) >= 11 is 4.80. The van der Waals surface area contributed by atoms with Crippen molar-refractivity contribution in [1.82, 2.24) is 0 Å². The fourth-order valence-electron chi connectivity index (χ4n) is 1.09. The summed E-state index contributed by atoms with van der Waals surface area (Å²) < 4.78 is 21.3. The highest BCUT2D eigenvalue weighted by Gasteiger charge is 2.01. The summed E-state index contributed by atoms with van der Waals surface area (Å²) in [5, 5.41) is 7.79. The van der Waals surface area contributed by atoms with Gasteiger partial charge in [0.1, 0.15) is 4.99 Å². The van der Waals surface area contributed by atoms with Crippen molar-refractivity contribution in [2.24, 2.45) is 10.9 Å². The highest BCUT2D eigenvalue weighted by molar-refractivity contribution is 7.89. The van der Waals surface area contributed by atoms with Gasteiger partial charge in [-0.25, -0.2) is 13.6 Å². The minimum Gasteiger partial charge on any atom is -0.389 e. The van der Waals surface area contributed by atoms with Crippen LogP contribution in [0.15, 0.2) is 24.3 Å². The third-order valence-corrected chi connectivity index (χ3v) is 2.89. The molecule has 0 bridgehead atoms. The van der Waals surface area contributed by atoms with Crippen LogP contribution in [0.5, 0.6) is 0 Å². The molecule has 16 heavy (non-hydrogen) atoms. The van der Waals surface area contributed by atoms with Crippen LogP contribution in [0, 0.1) is 0 Å². The number of hydrogen-bond acceptors (Lipinski definition) is 4. The molecule has 0 aliphatic carbocycles. The molecule has 0 unspecified atom stereocenters. The molecule has 0 amide bonds. The van der Waals surface area contributed by atoms with Crippen molar-refractivity contribution in [2.75, 3.05) is 17.6 Å². The number of primary sulfonamides is 1. The van der Waals surface area contributed by atoms with Crippen molar-refractivity contribution in [3.63, 3.8) is 0 Å². The molecule has 0 radical (unpaired) electrons. The maximum atomic E-state index is 10.7. The van der Waals surface area contributed by atoms with Gasteiger partial charge in [-0.3, -0.25) is 0 Å². The second-order valence-electron chi connectivity index (χ2n) is 3.24. The van der Waals surface area contributed by atoms with E-state index in [0.717, 1.165) is 11.3 Å². The average Bonchev–Trinajstić information content (AvgIpc) is 2.16. The summed E-state index contributed by atoms with van der Waals surface area (Å²) in [5.74, 6) is -0.107. The molecule has 0 fully saturated rings. The van der Waals surface area contributed by atoms with Gasteiger partial charge in [0.15, 0.2) is 0 Å². The zero-order valence-electron chi connectivity index (χ0n) is 8.51. The zero-order chi connectivity index (χ0) is 12.2. The number of thiocarbonyl (C=S) groups is 1. The van der Waals surface area contributed by atoms with Crippen molar-refractivity contribution in [3.05, 3.63) is 29.8 Å². The molecule has 0 heterocycles. The second-order valence-corrected chi connectivity index (χ2v) is 5.41. The van der Waals surface area contributed by atoms with Gasteiger partial charge in [-0.1, -0.05) is 12.2 Å². The van der Waals surface area contributed by atoms with Gasteiger partial charge < -0.3 is 11.1 Å². The lowest BCUT2D eigenvalue weighted by atomic mass is 10.2. The Hall–Kier alpha value is -1.18. The topological polar surface area (TPSA) is 98.2 Å². The smallest absolute Gasteiger partial charge is 0.210 e. The molecule has 5 nitrogen and oxygen atoms in total. The highest BCUT2D eigenvalue weighted by atomic mass is 32.2. The largest absolute Gasteiger partial charge is 0.389 e. The lowest BCUT2D eigenvalue weighted by Gasteiger charge is -2.06. The number of sulfonamides is 1. The monoisotopic (exact) mass is 259 g/mol. The molecule has 1 aromatic carbocycles. The molecule has 0 spiro atoms. The van der Waals surface area contributed by atoms with E-state index in [1.807, 2.05) is 0 Å². The average molecular weight is 259 g/mol. The Balaban J connectivity index is 2.53. The summed E-state index contributed by atoms with van der Waals surface area (Å²) in [5.41, 5.74) is 7.00. The summed E-state index contributed by atoms with van der Waals surface area (Å²) in [6, 6.07) is 7.08. The number of benzene rings is 1. The summed E-state index contributed by atoms with van der Waals surface area (Å²) in [6.45, 7) is 0.269. The van der Waals surface area contributed by atoms with E-state index >= 15 is 0 Å². The van der Waals surface area contributed by atoms with Gasteiger partial charge >= 0.3 is 0 Å². The van der Waals surface area contributed by atoms with Crippen molar-refractivity contribution in [1.29, 1.82) is 0 Å². The zero-order valence-corrected chi connectivity index (χ0v) is 10.1. The van der Waals surface area contributed by atoms with Crippen molar-refractivity contribution in [3.8, 4) is 0 Å². The fraction of sp³-hybridized carbons (Fsp3) is 0.222. The van der Waals surface area contributed by atoms with Crippen LogP contribution < -0.4 is 16.2 Å². The Morgan fingerprint density at radius 1 is 1.31 bits per heavy atom. The quantitative estimate of drug-likeness (QED) is 0.648. The van der Waals surface area contributed by atoms with E-state index in [-0.39, 0.29) is 12.3 Å². The summed E-state index contributed by atoms with van der Waals surface area (Å²) in [4.78, 5) is 0.330. The first-order chi connectivity index (χ1) is 7.38. The van der Waals surface area contributed by atoms with E-state index in [2.05, 4.69) is 5.32 Å². The third-order valence-electron chi connectivity index (χ3n) is 1.89. The van der Waals surface area contributed by atoms with E-state index in [4.69, 9.17) is 23.1 Å². The summed E-state index contributed by atoms with van der Waals surface area (Å²) in [6.07, 6.45) is 0. The molecular formula is C9H13N3O2S2. The molecule has 1 rings (SSSR count). The predicted molar refractivity (Wildman–Crippen MR) is 68.8 cm³/mol. The van der Waals surface area contributed by atoms with Gasteiger partial charge in [-0.15, -0.1) is 0 Å². The number of nitrogens with one attached hydrogen (secondary N) is 1. The first kappa shape index (κ1) is 12.9. The second kappa shape index (κ2) is 5.24. The number of rotatable bonds is 5. The third kappa shape index (κ3) is 4.56. The molecule has 0 saturated carbocycles. The fourth-order valence-corrected chi connectivity index (χ4v) is 1.61. The van der Waals surface area contributed by atoms with Crippen LogP contribution in [0.2, 0.25) is 0 Å². The number of anilines is 1.